The Balaban J connectivity index is 1.76. The third-order valence-electron chi connectivity index (χ3n) is 2.73. The molecule has 0 radical (unpaired) electrons. The fourth-order valence-corrected chi connectivity index (χ4v) is 2.47. The molecule has 0 bridgehead atoms. The molecule has 3 aromatic rings. The zero-order chi connectivity index (χ0) is 12.2. The fourth-order valence-electron chi connectivity index (χ4n) is 1.82. The largest absolute Gasteiger partial charge is 0.329 e. The van der Waals surface area contributed by atoms with E-state index in [-0.39, 0.29) is 0 Å². The van der Waals surface area contributed by atoms with Gasteiger partial charge in [0.15, 0.2) is 10.8 Å². The average molecular weight is 256 g/mol. The Morgan fingerprint density at radius 2 is 1.94 bits per heavy atom. The number of hydrogen-bond acceptors (Lipinski definition) is 4. The summed E-state index contributed by atoms with van der Waals surface area (Å²) in [5.41, 5.74) is 1.28. The molecule has 0 amide bonds. The highest BCUT2D eigenvalue weighted by atomic mass is 32.1. The summed E-state index contributed by atoms with van der Waals surface area (Å²) in [6, 6.07) is 4.08. The fraction of sp³-hybridized carbons (Fsp3) is 0.154. The van der Waals surface area contributed by atoms with E-state index in [0.29, 0.717) is 0 Å². The van der Waals surface area contributed by atoms with Gasteiger partial charge in [0.1, 0.15) is 0 Å². The van der Waals surface area contributed by atoms with E-state index < -0.39 is 0 Å². The van der Waals surface area contributed by atoms with Crippen molar-refractivity contribution in [1.29, 1.82) is 0 Å². The molecule has 0 aliphatic carbocycles. The molecule has 90 valence electrons. The van der Waals surface area contributed by atoms with Crippen molar-refractivity contribution in [3.05, 3.63) is 54.1 Å². The molecule has 18 heavy (non-hydrogen) atoms. The second kappa shape index (κ2) is 5.10. The molecule has 0 N–H and O–H groups in total. The Labute approximate surface area is 109 Å². The van der Waals surface area contributed by atoms with Crippen molar-refractivity contribution in [1.82, 2.24) is 19.5 Å². The van der Waals surface area contributed by atoms with Gasteiger partial charge in [-0.3, -0.25) is 4.98 Å². The van der Waals surface area contributed by atoms with Crippen LogP contribution in [0.1, 0.15) is 5.56 Å². The molecule has 3 aromatic heterocycles. The van der Waals surface area contributed by atoms with Crippen LogP contribution in [-0.2, 0) is 13.0 Å². The Kier molecular flexibility index (Phi) is 3.14. The minimum atomic E-state index is 0.902. The van der Waals surface area contributed by atoms with Crippen LogP contribution >= 0.6 is 11.3 Å². The number of imidazole rings is 1. The maximum Gasteiger partial charge on any atom is 0.169 e. The van der Waals surface area contributed by atoms with Gasteiger partial charge in [-0.25, -0.2) is 9.97 Å². The molecule has 3 rings (SSSR count). The van der Waals surface area contributed by atoms with Crippen LogP contribution < -0.4 is 0 Å². The van der Waals surface area contributed by atoms with Crippen molar-refractivity contribution < 1.29 is 0 Å². The predicted molar refractivity (Wildman–Crippen MR) is 71.3 cm³/mol. The van der Waals surface area contributed by atoms with Crippen LogP contribution in [0.5, 0.6) is 0 Å². The van der Waals surface area contributed by atoms with Gasteiger partial charge in [0.25, 0.3) is 0 Å². The number of aryl methyl sites for hydroxylation is 2. The van der Waals surface area contributed by atoms with Crippen LogP contribution in [0, 0.1) is 0 Å². The number of aromatic nitrogens is 4. The molecule has 4 nitrogen and oxygen atoms in total. The first-order chi connectivity index (χ1) is 8.93. The molecule has 5 heteroatoms. The highest BCUT2D eigenvalue weighted by molar-refractivity contribution is 7.13. The number of hydrogen-bond donors (Lipinski definition) is 0. The topological polar surface area (TPSA) is 43.6 Å². The first kappa shape index (κ1) is 11.1. The van der Waals surface area contributed by atoms with E-state index in [1.807, 2.05) is 48.5 Å². The first-order valence-corrected chi connectivity index (χ1v) is 6.61. The molecular formula is C13H12N4S. The van der Waals surface area contributed by atoms with E-state index in [9.17, 15) is 0 Å². The summed E-state index contributed by atoms with van der Waals surface area (Å²) in [5, 5.41) is 2.94. The molecule has 0 aliphatic rings. The van der Waals surface area contributed by atoms with Gasteiger partial charge in [0.2, 0.25) is 0 Å². The van der Waals surface area contributed by atoms with E-state index in [4.69, 9.17) is 0 Å². The second-order valence-electron chi connectivity index (χ2n) is 3.89. The van der Waals surface area contributed by atoms with Gasteiger partial charge >= 0.3 is 0 Å². The lowest BCUT2D eigenvalue weighted by Crippen LogP contribution is -2.02. The van der Waals surface area contributed by atoms with Crippen LogP contribution in [0.4, 0.5) is 0 Å². The van der Waals surface area contributed by atoms with Crippen LogP contribution in [0.2, 0.25) is 0 Å². The molecule has 0 atom stereocenters. The van der Waals surface area contributed by atoms with Crippen LogP contribution in [0.15, 0.2) is 48.5 Å². The Morgan fingerprint density at radius 1 is 1.06 bits per heavy atom. The highest BCUT2D eigenvalue weighted by Gasteiger charge is 2.07. The monoisotopic (exact) mass is 256 g/mol. The normalized spacial score (nSPS) is 10.7. The quantitative estimate of drug-likeness (QED) is 0.720. The standard InChI is InChI=1S/C13H12N4S/c1-4-14-5-2-11(1)3-8-17-9-6-15-12(17)13-16-7-10-18-13/h1-2,4-7,9-10H,3,8H2. The summed E-state index contributed by atoms with van der Waals surface area (Å²) < 4.78 is 2.14. The summed E-state index contributed by atoms with van der Waals surface area (Å²) in [5.74, 6) is 0.944. The van der Waals surface area contributed by atoms with Crippen molar-refractivity contribution in [2.45, 2.75) is 13.0 Å². The average Bonchev–Trinajstić information content (AvgIpc) is 3.08. The number of rotatable bonds is 4. The predicted octanol–water partition coefficient (Wildman–Crippen LogP) is 2.64. The lowest BCUT2D eigenvalue weighted by atomic mass is 10.2. The maximum atomic E-state index is 4.37. The summed E-state index contributed by atoms with van der Waals surface area (Å²) in [6.45, 7) is 0.902. The van der Waals surface area contributed by atoms with Gasteiger partial charge in [0.05, 0.1) is 0 Å². The molecule has 3 heterocycles. The second-order valence-corrected chi connectivity index (χ2v) is 4.78. The van der Waals surface area contributed by atoms with Gasteiger partial charge in [-0.15, -0.1) is 11.3 Å². The Morgan fingerprint density at radius 3 is 2.72 bits per heavy atom. The van der Waals surface area contributed by atoms with Gasteiger partial charge in [-0.1, -0.05) is 0 Å². The van der Waals surface area contributed by atoms with E-state index >= 15 is 0 Å². The van der Waals surface area contributed by atoms with Crippen LogP contribution in [0.25, 0.3) is 10.8 Å². The smallest absolute Gasteiger partial charge is 0.169 e. The Hall–Kier alpha value is -2.01. The SMILES string of the molecule is c1cc(CCn2ccnc2-c2nccs2)ccn1. The van der Waals surface area contributed by atoms with Gasteiger partial charge in [0, 0.05) is 42.9 Å². The minimum absolute atomic E-state index is 0.902. The van der Waals surface area contributed by atoms with E-state index in [1.165, 1.54) is 5.56 Å². The molecule has 0 fully saturated rings. The molecule has 0 spiro atoms. The highest BCUT2D eigenvalue weighted by Crippen LogP contribution is 2.19. The zero-order valence-corrected chi connectivity index (χ0v) is 10.5. The van der Waals surface area contributed by atoms with Crippen LogP contribution in [-0.4, -0.2) is 19.5 Å². The number of nitrogens with zero attached hydrogens (tertiary/aromatic N) is 4. The number of pyridine rings is 1. The maximum absolute atomic E-state index is 4.37. The minimum Gasteiger partial charge on any atom is -0.329 e. The van der Waals surface area contributed by atoms with Crippen molar-refractivity contribution in [3.8, 4) is 10.8 Å². The van der Waals surface area contributed by atoms with Crippen molar-refractivity contribution in [2.24, 2.45) is 0 Å². The zero-order valence-electron chi connectivity index (χ0n) is 9.73. The molecule has 0 aliphatic heterocycles. The lowest BCUT2D eigenvalue weighted by molar-refractivity contribution is 0.702. The van der Waals surface area contributed by atoms with E-state index in [0.717, 1.165) is 23.8 Å². The molecular weight excluding hydrogens is 244 g/mol. The van der Waals surface area contributed by atoms with E-state index in [1.54, 1.807) is 11.3 Å². The van der Waals surface area contributed by atoms with Gasteiger partial charge in [-0.2, -0.15) is 0 Å². The molecule has 0 aromatic carbocycles. The molecule has 0 unspecified atom stereocenters. The van der Waals surface area contributed by atoms with Crippen molar-refractivity contribution >= 4 is 11.3 Å². The Bertz CT molecular complexity index is 601. The summed E-state index contributed by atoms with van der Waals surface area (Å²) >= 11 is 1.61. The first-order valence-electron chi connectivity index (χ1n) is 5.73. The summed E-state index contributed by atoms with van der Waals surface area (Å²) in [6.07, 6.45) is 10.2. The molecule has 0 saturated heterocycles. The summed E-state index contributed by atoms with van der Waals surface area (Å²) in [4.78, 5) is 12.7. The lowest BCUT2D eigenvalue weighted by Gasteiger charge is -2.05. The number of thiazole rings is 1. The van der Waals surface area contributed by atoms with Gasteiger partial charge < -0.3 is 4.57 Å². The van der Waals surface area contributed by atoms with E-state index in [2.05, 4.69) is 19.5 Å². The third-order valence-corrected chi connectivity index (χ3v) is 3.50. The van der Waals surface area contributed by atoms with Crippen LogP contribution in [0.3, 0.4) is 0 Å². The van der Waals surface area contributed by atoms with Gasteiger partial charge in [-0.05, 0) is 24.1 Å². The van der Waals surface area contributed by atoms with Crippen molar-refractivity contribution in [3.63, 3.8) is 0 Å². The van der Waals surface area contributed by atoms with Crippen molar-refractivity contribution in [2.75, 3.05) is 0 Å². The molecule has 0 saturated carbocycles. The third kappa shape index (κ3) is 2.31. The summed E-state index contributed by atoms with van der Waals surface area (Å²) in [7, 11) is 0.